The Morgan fingerprint density at radius 2 is 1.67 bits per heavy atom. The highest BCUT2D eigenvalue weighted by Gasteiger charge is 2.31. The van der Waals surface area contributed by atoms with Crippen molar-refractivity contribution in [2.45, 2.75) is 37.9 Å². The summed E-state index contributed by atoms with van der Waals surface area (Å²) in [5.74, 6) is -0.0293. The average Bonchev–Trinajstić information content (AvgIpc) is 2.37. The molecule has 0 heterocycles. The van der Waals surface area contributed by atoms with Crippen molar-refractivity contribution in [1.82, 2.24) is 5.32 Å². The van der Waals surface area contributed by atoms with Crippen LogP contribution in [-0.4, -0.2) is 26.8 Å². The Hall–Kier alpha value is -1.08. The molecule has 0 aliphatic heterocycles. The minimum atomic E-state index is -4.47. The molecule has 1 N–H and O–H groups in total. The molecule has 0 amide bonds. The molecule has 0 aromatic heterocycles. The Balaban J connectivity index is 2.97. The second kappa shape index (κ2) is 6.79. The van der Waals surface area contributed by atoms with Gasteiger partial charge in [0.15, 0.2) is 9.84 Å². The first-order chi connectivity index (χ1) is 9.58. The topological polar surface area (TPSA) is 46.2 Å². The fourth-order valence-electron chi connectivity index (χ4n) is 1.93. The predicted octanol–water partition coefficient (Wildman–Crippen LogP) is 3.11. The molecule has 3 nitrogen and oxygen atoms in total. The zero-order valence-corrected chi connectivity index (χ0v) is 13.1. The molecule has 0 aliphatic carbocycles. The number of sulfone groups is 1. The van der Waals surface area contributed by atoms with E-state index in [1.165, 1.54) is 0 Å². The maximum Gasteiger partial charge on any atom is 0.416 e. The Bertz CT molecular complexity index is 551. The Kier molecular flexibility index (Phi) is 5.81. The second-order valence-corrected chi connectivity index (χ2v) is 7.25. The Labute approximate surface area is 123 Å². The van der Waals surface area contributed by atoms with Gasteiger partial charge in [0.1, 0.15) is 0 Å². The van der Waals surface area contributed by atoms with Gasteiger partial charge in [-0.1, -0.05) is 20.8 Å². The molecule has 0 aliphatic rings. The molecule has 0 saturated heterocycles. The van der Waals surface area contributed by atoms with Crippen molar-refractivity contribution >= 4 is 9.84 Å². The summed E-state index contributed by atoms with van der Waals surface area (Å²) in [7, 11) is -3.62. The highest BCUT2D eigenvalue weighted by molar-refractivity contribution is 7.91. The molecule has 0 fully saturated rings. The van der Waals surface area contributed by atoms with E-state index in [4.69, 9.17) is 0 Å². The van der Waals surface area contributed by atoms with Crippen LogP contribution in [0.1, 0.15) is 26.3 Å². The fourth-order valence-corrected chi connectivity index (χ4v) is 3.65. The van der Waals surface area contributed by atoms with Crippen LogP contribution in [0, 0.1) is 5.92 Å². The van der Waals surface area contributed by atoms with Crippen molar-refractivity contribution < 1.29 is 21.6 Å². The van der Waals surface area contributed by atoms with E-state index in [1.54, 1.807) is 0 Å². The number of benzene rings is 1. The summed E-state index contributed by atoms with van der Waals surface area (Å²) in [5.41, 5.74) is -0.853. The average molecular weight is 323 g/mol. The molecule has 0 spiro atoms. The van der Waals surface area contributed by atoms with Gasteiger partial charge in [-0.3, -0.25) is 0 Å². The molecular weight excluding hydrogens is 303 g/mol. The molecule has 0 bridgehead atoms. The zero-order valence-electron chi connectivity index (χ0n) is 12.2. The Morgan fingerprint density at radius 3 is 2.05 bits per heavy atom. The number of halogens is 3. The van der Waals surface area contributed by atoms with Gasteiger partial charge < -0.3 is 5.32 Å². The van der Waals surface area contributed by atoms with Crippen molar-refractivity contribution in [2.24, 2.45) is 5.92 Å². The van der Waals surface area contributed by atoms with Crippen molar-refractivity contribution in [1.29, 1.82) is 0 Å². The molecule has 1 unspecified atom stereocenters. The van der Waals surface area contributed by atoms with E-state index in [9.17, 15) is 21.6 Å². The van der Waals surface area contributed by atoms with Crippen LogP contribution in [0.2, 0.25) is 0 Å². The summed E-state index contributed by atoms with van der Waals surface area (Å²) in [6.07, 6.45) is -4.47. The van der Waals surface area contributed by atoms with Crippen LogP contribution < -0.4 is 5.32 Å². The van der Waals surface area contributed by atoms with Gasteiger partial charge in [0.25, 0.3) is 0 Å². The molecule has 7 heteroatoms. The maximum atomic E-state index is 12.5. The van der Waals surface area contributed by atoms with Crippen molar-refractivity contribution in [3.05, 3.63) is 29.8 Å². The minimum absolute atomic E-state index is 0.0842. The molecule has 1 rings (SSSR count). The monoisotopic (exact) mass is 323 g/mol. The van der Waals surface area contributed by atoms with Crippen LogP contribution in [-0.2, 0) is 16.0 Å². The third kappa shape index (κ3) is 5.00. The summed E-state index contributed by atoms with van der Waals surface area (Å²) >= 11 is 0. The SMILES string of the molecule is CCNC(CS(=O)(=O)c1ccc(C(F)(F)F)cc1)C(C)C. The lowest BCUT2D eigenvalue weighted by molar-refractivity contribution is -0.137. The molecular formula is C14H20F3NO2S. The Morgan fingerprint density at radius 1 is 1.14 bits per heavy atom. The van der Waals surface area contributed by atoms with Crippen LogP contribution in [0.4, 0.5) is 13.2 Å². The van der Waals surface area contributed by atoms with E-state index in [-0.39, 0.29) is 22.6 Å². The van der Waals surface area contributed by atoms with E-state index < -0.39 is 21.6 Å². The van der Waals surface area contributed by atoms with Gasteiger partial charge in [0.05, 0.1) is 16.2 Å². The molecule has 1 aromatic carbocycles. The third-order valence-corrected chi connectivity index (χ3v) is 5.00. The van der Waals surface area contributed by atoms with Gasteiger partial charge in [0, 0.05) is 6.04 Å². The summed E-state index contributed by atoms with van der Waals surface area (Å²) in [6, 6.07) is 3.39. The second-order valence-electron chi connectivity index (χ2n) is 5.21. The van der Waals surface area contributed by atoms with E-state index in [0.29, 0.717) is 6.54 Å². The van der Waals surface area contributed by atoms with E-state index in [2.05, 4.69) is 5.32 Å². The maximum absolute atomic E-state index is 12.5. The van der Waals surface area contributed by atoms with Gasteiger partial charge in [-0.05, 0) is 36.7 Å². The highest BCUT2D eigenvalue weighted by atomic mass is 32.2. The molecule has 1 aromatic rings. The van der Waals surface area contributed by atoms with Crippen molar-refractivity contribution in [3.63, 3.8) is 0 Å². The molecule has 21 heavy (non-hydrogen) atoms. The van der Waals surface area contributed by atoms with Crippen LogP contribution in [0.3, 0.4) is 0 Å². The smallest absolute Gasteiger partial charge is 0.313 e. The van der Waals surface area contributed by atoms with Crippen LogP contribution in [0.25, 0.3) is 0 Å². The number of rotatable bonds is 6. The first kappa shape index (κ1) is 18.0. The van der Waals surface area contributed by atoms with E-state index in [1.807, 2.05) is 20.8 Å². The lowest BCUT2D eigenvalue weighted by Gasteiger charge is -2.21. The minimum Gasteiger partial charge on any atom is -0.313 e. The quantitative estimate of drug-likeness (QED) is 0.875. The fraction of sp³-hybridized carbons (Fsp3) is 0.571. The van der Waals surface area contributed by atoms with Gasteiger partial charge in [-0.25, -0.2) is 8.42 Å². The van der Waals surface area contributed by atoms with Crippen molar-refractivity contribution in [2.75, 3.05) is 12.3 Å². The normalized spacial score (nSPS) is 14.4. The summed E-state index contributed by atoms with van der Waals surface area (Å²) in [5, 5.41) is 3.08. The van der Waals surface area contributed by atoms with Crippen LogP contribution in [0.15, 0.2) is 29.2 Å². The first-order valence-electron chi connectivity index (χ1n) is 6.71. The number of nitrogens with one attached hydrogen (secondary N) is 1. The van der Waals surface area contributed by atoms with E-state index in [0.717, 1.165) is 24.3 Å². The summed E-state index contributed by atoms with van der Waals surface area (Å²) < 4.78 is 61.9. The lowest BCUT2D eigenvalue weighted by Crippen LogP contribution is -2.39. The van der Waals surface area contributed by atoms with Gasteiger partial charge in [0.2, 0.25) is 0 Å². The summed E-state index contributed by atoms with van der Waals surface area (Å²) in [4.78, 5) is -0.0842. The molecule has 0 radical (unpaired) electrons. The predicted molar refractivity (Wildman–Crippen MR) is 75.8 cm³/mol. The molecule has 1 atom stereocenters. The van der Waals surface area contributed by atoms with Gasteiger partial charge >= 0.3 is 6.18 Å². The van der Waals surface area contributed by atoms with Crippen molar-refractivity contribution in [3.8, 4) is 0 Å². The van der Waals surface area contributed by atoms with Crippen LogP contribution in [0.5, 0.6) is 0 Å². The summed E-state index contributed by atoms with van der Waals surface area (Å²) in [6.45, 7) is 6.30. The number of hydrogen-bond donors (Lipinski definition) is 1. The standard InChI is InChI=1S/C14H20F3NO2S/c1-4-18-13(10(2)3)9-21(19,20)12-7-5-11(6-8-12)14(15,16)17/h5-8,10,13,18H,4,9H2,1-3H3. The van der Waals surface area contributed by atoms with Gasteiger partial charge in [-0.15, -0.1) is 0 Å². The first-order valence-corrected chi connectivity index (χ1v) is 8.36. The zero-order chi connectivity index (χ0) is 16.3. The van der Waals surface area contributed by atoms with Crippen LogP contribution >= 0.6 is 0 Å². The largest absolute Gasteiger partial charge is 0.416 e. The van der Waals surface area contributed by atoms with E-state index >= 15 is 0 Å². The molecule has 120 valence electrons. The number of alkyl halides is 3. The third-order valence-electron chi connectivity index (χ3n) is 3.21. The number of hydrogen-bond acceptors (Lipinski definition) is 3. The highest BCUT2D eigenvalue weighted by Crippen LogP contribution is 2.30. The van der Waals surface area contributed by atoms with Gasteiger partial charge in [-0.2, -0.15) is 13.2 Å². The lowest BCUT2D eigenvalue weighted by atomic mass is 10.1. The molecule has 0 saturated carbocycles.